The van der Waals surface area contributed by atoms with Crippen LogP contribution in [0.1, 0.15) is 12.0 Å². The van der Waals surface area contributed by atoms with Crippen molar-refractivity contribution in [1.29, 1.82) is 5.26 Å². The van der Waals surface area contributed by atoms with Gasteiger partial charge in [-0.15, -0.1) is 11.8 Å². The summed E-state index contributed by atoms with van der Waals surface area (Å²) in [5.41, 5.74) is 6.18. The van der Waals surface area contributed by atoms with Crippen LogP contribution < -0.4 is 5.73 Å². The Morgan fingerprint density at radius 1 is 1.67 bits per heavy atom. The van der Waals surface area contributed by atoms with Gasteiger partial charge in [-0.2, -0.15) is 5.26 Å². The van der Waals surface area contributed by atoms with Crippen LogP contribution in [0.25, 0.3) is 0 Å². The number of nitrogens with zero attached hydrogens (tertiary/aromatic N) is 2. The van der Waals surface area contributed by atoms with E-state index in [0.717, 1.165) is 24.5 Å². The van der Waals surface area contributed by atoms with Crippen LogP contribution >= 0.6 is 11.8 Å². The Morgan fingerprint density at radius 2 is 2.53 bits per heavy atom. The largest absolute Gasteiger partial charge is 0.384 e. The van der Waals surface area contributed by atoms with E-state index in [4.69, 9.17) is 15.7 Å². The molecule has 0 bridgehead atoms. The average Bonchev–Trinajstić information content (AvgIpc) is 2.71. The molecule has 1 aliphatic heterocycles. The number of ether oxygens (including phenoxy) is 1. The molecule has 1 aliphatic rings. The van der Waals surface area contributed by atoms with Crippen molar-refractivity contribution in [2.45, 2.75) is 16.6 Å². The van der Waals surface area contributed by atoms with Gasteiger partial charge in [-0.3, -0.25) is 0 Å². The monoisotopic (exact) mass is 221 g/mol. The number of nitrogens with two attached hydrogens (primary N) is 1. The molecule has 0 aliphatic carbocycles. The van der Waals surface area contributed by atoms with E-state index in [1.165, 1.54) is 6.20 Å². The summed E-state index contributed by atoms with van der Waals surface area (Å²) in [6.45, 7) is 1.55. The molecule has 0 aromatic carbocycles. The van der Waals surface area contributed by atoms with E-state index in [9.17, 15) is 0 Å². The number of nitrogen functional groups attached to an aromatic ring is 1. The highest BCUT2D eigenvalue weighted by Gasteiger charge is 2.18. The summed E-state index contributed by atoms with van der Waals surface area (Å²) in [5, 5.41) is 9.34. The van der Waals surface area contributed by atoms with Crippen molar-refractivity contribution in [3.63, 3.8) is 0 Å². The van der Waals surface area contributed by atoms with Crippen molar-refractivity contribution in [3.05, 3.63) is 17.8 Å². The summed E-state index contributed by atoms with van der Waals surface area (Å²) in [5.74, 6) is 0.454. The smallest absolute Gasteiger partial charge is 0.124 e. The Bertz CT molecular complexity index is 396. The number of hydrogen-bond donors (Lipinski definition) is 1. The van der Waals surface area contributed by atoms with Crippen LogP contribution in [0.15, 0.2) is 17.2 Å². The van der Waals surface area contributed by atoms with Gasteiger partial charge in [0.2, 0.25) is 0 Å². The summed E-state index contributed by atoms with van der Waals surface area (Å²) < 4.78 is 5.28. The highest BCUT2D eigenvalue weighted by molar-refractivity contribution is 8.00. The number of aromatic nitrogens is 1. The number of hydrogen-bond acceptors (Lipinski definition) is 5. The topological polar surface area (TPSA) is 71.9 Å². The molecule has 1 fully saturated rings. The minimum atomic E-state index is 0.430. The first-order valence-corrected chi connectivity index (χ1v) is 5.57. The maximum absolute atomic E-state index is 8.91. The van der Waals surface area contributed by atoms with Gasteiger partial charge in [-0.05, 0) is 12.5 Å². The SMILES string of the molecule is N#Cc1cnc(N)cc1SC1CCOC1. The molecule has 0 spiro atoms. The molecule has 78 valence electrons. The molecule has 1 aromatic heterocycles. The number of nitriles is 1. The van der Waals surface area contributed by atoms with E-state index in [-0.39, 0.29) is 0 Å². The zero-order valence-electron chi connectivity index (χ0n) is 8.14. The van der Waals surface area contributed by atoms with E-state index in [0.29, 0.717) is 16.6 Å². The molecule has 1 unspecified atom stereocenters. The fraction of sp³-hybridized carbons (Fsp3) is 0.400. The standard InChI is InChI=1S/C10H11N3OS/c11-4-7-5-13-10(12)3-9(7)15-8-1-2-14-6-8/h3,5,8H,1-2,6H2,(H2,12,13). The second-order valence-electron chi connectivity index (χ2n) is 3.32. The summed E-state index contributed by atoms with van der Waals surface area (Å²) in [6, 6.07) is 3.87. The molecule has 2 rings (SSSR count). The van der Waals surface area contributed by atoms with Gasteiger partial charge in [0.1, 0.15) is 11.9 Å². The lowest BCUT2D eigenvalue weighted by Crippen LogP contribution is -2.02. The van der Waals surface area contributed by atoms with E-state index in [2.05, 4.69) is 11.1 Å². The Balaban J connectivity index is 2.18. The lowest BCUT2D eigenvalue weighted by Gasteiger charge is -2.08. The predicted molar refractivity (Wildman–Crippen MR) is 58.4 cm³/mol. The van der Waals surface area contributed by atoms with Crippen molar-refractivity contribution in [2.75, 3.05) is 18.9 Å². The first-order valence-electron chi connectivity index (χ1n) is 4.69. The van der Waals surface area contributed by atoms with Gasteiger partial charge in [0.25, 0.3) is 0 Å². The molecule has 1 atom stereocenters. The third-order valence-corrected chi connectivity index (χ3v) is 3.49. The predicted octanol–water partition coefficient (Wildman–Crippen LogP) is 1.42. The van der Waals surface area contributed by atoms with E-state index < -0.39 is 0 Å². The molecule has 2 N–H and O–H groups in total. The zero-order chi connectivity index (χ0) is 10.7. The average molecular weight is 221 g/mol. The Labute approximate surface area is 92.4 Å². The third-order valence-electron chi connectivity index (χ3n) is 2.19. The Hall–Kier alpha value is -1.25. The van der Waals surface area contributed by atoms with Gasteiger partial charge in [0, 0.05) is 22.9 Å². The van der Waals surface area contributed by atoms with Crippen molar-refractivity contribution in [1.82, 2.24) is 4.98 Å². The zero-order valence-corrected chi connectivity index (χ0v) is 8.96. The molecule has 1 saturated heterocycles. The lowest BCUT2D eigenvalue weighted by atomic mass is 10.3. The fourth-order valence-electron chi connectivity index (χ4n) is 1.42. The summed E-state index contributed by atoms with van der Waals surface area (Å²) in [7, 11) is 0. The number of anilines is 1. The van der Waals surface area contributed by atoms with Crippen molar-refractivity contribution in [3.8, 4) is 6.07 Å². The van der Waals surface area contributed by atoms with Crippen LogP contribution in [-0.4, -0.2) is 23.4 Å². The van der Waals surface area contributed by atoms with Gasteiger partial charge in [-0.25, -0.2) is 4.98 Å². The first kappa shape index (κ1) is 10.3. The van der Waals surface area contributed by atoms with Crippen molar-refractivity contribution >= 4 is 17.6 Å². The van der Waals surface area contributed by atoms with Crippen LogP contribution in [0.3, 0.4) is 0 Å². The van der Waals surface area contributed by atoms with Crippen LogP contribution in [0, 0.1) is 11.3 Å². The molecule has 1 aromatic rings. The van der Waals surface area contributed by atoms with E-state index in [1.807, 2.05) is 0 Å². The number of thioether (sulfide) groups is 1. The first-order chi connectivity index (χ1) is 7.29. The van der Waals surface area contributed by atoms with Crippen LogP contribution in [0.4, 0.5) is 5.82 Å². The molecule has 5 heteroatoms. The molecule has 4 nitrogen and oxygen atoms in total. The van der Waals surface area contributed by atoms with Gasteiger partial charge >= 0.3 is 0 Å². The van der Waals surface area contributed by atoms with Crippen molar-refractivity contribution < 1.29 is 4.74 Å². The van der Waals surface area contributed by atoms with E-state index >= 15 is 0 Å². The maximum atomic E-state index is 8.91. The fourth-order valence-corrected chi connectivity index (χ4v) is 2.57. The van der Waals surface area contributed by atoms with Gasteiger partial charge < -0.3 is 10.5 Å². The van der Waals surface area contributed by atoms with Crippen LogP contribution in [-0.2, 0) is 4.74 Å². The summed E-state index contributed by atoms with van der Waals surface area (Å²) in [6.07, 6.45) is 2.55. The van der Waals surface area contributed by atoms with Crippen LogP contribution in [0.2, 0.25) is 0 Å². The molecular weight excluding hydrogens is 210 g/mol. The maximum Gasteiger partial charge on any atom is 0.124 e. The summed E-state index contributed by atoms with van der Waals surface area (Å²) >= 11 is 1.65. The highest BCUT2D eigenvalue weighted by Crippen LogP contribution is 2.31. The van der Waals surface area contributed by atoms with E-state index in [1.54, 1.807) is 17.8 Å². The van der Waals surface area contributed by atoms with Crippen LogP contribution in [0.5, 0.6) is 0 Å². The lowest BCUT2D eigenvalue weighted by molar-refractivity contribution is 0.199. The molecule has 2 heterocycles. The highest BCUT2D eigenvalue weighted by atomic mass is 32.2. The summed E-state index contributed by atoms with van der Waals surface area (Å²) in [4.78, 5) is 4.80. The molecular formula is C10H11N3OS. The second kappa shape index (κ2) is 4.51. The molecule has 0 saturated carbocycles. The molecule has 0 amide bonds. The molecule has 15 heavy (non-hydrogen) atoms. The van der Waals surface area contributed by atoms with Gasteiger partial charge in [0.15, 0.2) is 0 Å². The number of rotatable bonds is 2. The number of pyridine rings is 1. The second-order valence-corrected chi connectivity index (χ2v) is 4.66. The normalized spacial score (nSPS) is 20.1. The Kier molecular flexibility index (Phi) is 3.09. The minimum absolute atomic E-state index is 0.430. The quantitative estimate of drug-likeness (QED) is 0.817. The van der Waals surface area contributed by atoms with Crippen molar-refractivity contribution in [2.24, 2.45) is 0 Å². The molecule has 0 radical (unpaired) electrons. The minimum Gasteiger partial charge on any atom is -0.384 e. The van der Waals surface area contributed by atoms with Gasteiger partial charge in [-0.1, -0.05) is 0 Å². The Morgan fingerprint density at radius 3 is 3.20 bits per heavy atom. The third kappa shape index (κ3) is 2.41. The van der Waals surface area contributed by atoms with Gasteiger partial charge in [0.05, 0.1) is 12.2 Å².